The van der Waals surface area contributed by atoms with Gasteiger partial charge >= 0.3 is 0 Å². The van der Waals surface area contributed by atoms with E-state index in [0.29, 0.717) is 19.7 Å². The van der Waals surface area contributed by atoms with Crippen LogP contribution in [-0.4, -0.2) is 78.2 Å². The van der Waals surface area contributed by atoms with Crippen LogP contribution in [0.1, 0.15) is 44.9 Å². The molecule has 4 rings (SSSR count). The molecule has 2 amide bonds. The van der Waals surface area contributed by atoms with Gasteiger partial charge in [-0.3, -0.25) is 14.6 Å². The molecular formula is C28H38FN5O4. The van der Waals surface area contributed by atoms with Gasteiger partial charge in [-0.25, -0.2) is 14.8 Å². The Balaban J connectivity index is 1.28. The average Bonchev–Trinajstić information content (AvgIpc) is 3.06. The molecule has 1 unspecified atom stereocenters. The number of benzene rings is 1. The van der Waals surface area contributed by atoms with E-state index in [-0.39, 0.29) is 48.7 Å². The second kappa shape index (κ2) is 13.5. The maximum atomic E-state index is 13.8. The molecule has 1 saturated carbocycles. The van der Waals surface area contributed by atoms with Crippen molar-refractivity contribution in [2.45, 2.75) is 56.5 Å². The lowest BCUT2D eigenvalue weighted by Gasteiger charge is -2.34. The van der Waals surface area contributed by atoms with Crippen LogP contribution in [-0.2, 0) is 9.59 Å². The van der Waals surface area contributed by atoms with E-state index >= 15 is 0 Å². The summed E-state index contributed by atoms with van der Waals surface area (Å²) in [6.45, 7) is 1.68. The predicted octanol–water partition coefficient (Wildman–Crippen LogP) is 2.93. The third kappa shape index (κ3) is 7.64. The molecule has 1 aromatic carbocycles. The predicted molar refractivity (Wildman–Crippen MR) is 141 cm³/mol. The van der Waals surface area contributed by atoms with Gasteiger partial charge in [0.1, 0.15) is 12.4 Å². The number of hydrazine groups is 1. The van der Waals surface area contributed by atoms with E-state index in [1.54, 1.807) is 54.7 Å². The van der Waals surface area contributed by atoms with Crippen LogP contribution in [0.4, 0.5) is 4.39 Å². The normalized spacial score (nSPS) is 19.1. The fourth-order valence-corrected chi connectivity index (χ4v) is 5.17. The molecule has 2 heterocycles. The molecule has 0 radical (unpaired) electrons. The van der Waals surface area contributed by atoms with Gasteiger partial charge in [-0.2, -0.15) is 0 Å². The highest BCUT2D eigenvalue weighted by atomic mass is 19.1. The molecule has 1 atom stereocenters. The van der Waals surface area contributed by atoms with Crippen LogP contribution in [0, 0.1) is 5.82 Å². The molecule has 206 valence electrons. The number of para-hydroxylation sites is 1. The second-order valence-electron chi connectivity index (χ2n) is 10.1. The van der Waals surface area contributed by atoms with E-state index < -0.39 is 5.82 Å². The van der Waals surface area contributed by atoms with Crippen LogP contribution in [0.2, 0.25) is 0 Å². The van der Waals surface area contributed by atoms with Crippen LogP contribution in [0.3, 0.4) is 0 Å². The monoisotopic (exact) mass is 527 g/mol. The molecule has 1 saturated heterocycles. The van der Waals surface area contributed by atoms with E-state index in [9.17, 15) is 14.0 Å². The molecule has 1 aliphatic carbocycles. The van der Waals surface area contributed by atoms with Gasteiger partial charge in [0.15, 0.2) is 11.6 Å². The lowest BCUT2D eigenvalue weighted by molar-refractivity contribution is -0.132. The number of rotatable bonds is 11. The van der Waals surface area contributed by atoms with Crippen molar-refractivity contribution < 1.29 is 23.5 Å². The number of nitrogens with one attached hydrogen (secondary N) is 2. The minimum absolute atomic E-state index is 0.0233. The zero-order valence-corrected chi connectivity index (χ0v) is 22.0. The average molecular weight is 528 g/mol. The van der Waals surface area contributed by atoms with Gasteiger partial charge in [-0.1, -0.05) is 37.8 Å². The van der Waals surface area contributed by atoms with E-state index in [1.807, 2.05) is 5.01 Å². The highest BCUT2D eigenvalue weighted by Crippen LogP contribution is 2.34. The van der Waals surface area contributed by atoms with Crippen LogP contribution < -0.4 is 20.2 Å². The summed E-state index contributed by atoms with van der Waals surface area (Å²) in [5, 5.41) is 5.13. The van der Waals surface area contributed by atoms with Gasteiger partial charge in [0, 0.05) is 26.0 Å². The lowest BCUT2D eigenvalue weighted by atomic mass is 9.84. The summed E-state index contributed by atoms with van der Waals surface area (Å²) in [5.74, 6) is 0.248. The Morgan fingerprint density at radius 1 is 1.11 bits per heavy atom. The summed E-state index contributed by atoms with van der Waals surface area (Å²) in [5.41, 5.74) is 3.34. The van der Waals surface area contributed by atoms with E-state index in [1.165, 1.54) is 18.9 Å². The van der Waals surface area contributed by atoms with Gasteiger partial charge in [0.25, 0.3) is 0 Å². The fourth-order valence-electron chi connectivity index (χ4n) is 5.17. The van der Waals surface area contributed by atoms with E-state index in [4.69, 9.17) is 9.47 Å². The van der Waals surface area contributed by atoms with Gasteiger partial charge in [-0.05, 0) is 37.1 Å². The molecule has 2 aliphatic rings. The number of pyridine rings is 1. The molecule has 10 heteroatoms. The molecule has 0 bridgehead atoms. The van der Waals surface area contributed by atoms with Crippen molar-refractivity contribution in [3.63, 3.8) is 0 Å². The first-order valence-corrected chi connectivity index (χ1v) is 13.4. The van der Waals surface area contributed by atoms with Crippen molar-refractivity contribution >= 4 is 11.8 Å². The molecule has 38 heavy (non-hydrogen) atoms. The van der Waals surface area contributed by atoms with Crippen molar-refractivity contribution in [1.29, 1.82) is 0 Å². The maximum Gasteiger partial charge on any atom is 0.238 e. The number of ether oxygens (including phenoxy) is 2. The molecule has 1 aromatic heterocycles. The Kier molecular flexibility index (Phi) is 9.89. The Bertz CT molecular complexity index is 1050. The molecular weight excluding hydrogens is 489 g/mol. The van der Waals surface area contributed by atoms with Crippen LogP contribution in [0.25, 0.3) is 0 Å². The van der Waals surface area contributed by atoms with Crippen LogP contribution >= 0.6 is 0 Å². The number of halogens is 1. The standard InChI is InChI=1S/C28H38FN5O4/c1-33(17-19-37-22-10-15-30-16-11-22)27(36)21-34-20-25(28(32-34)13-6-2-3-7-14-28)31-26(35)12-18-38-24-9-5-4-8-23(24)29/h4-5,8-11,15-16,25,32H,2-3,6-7,12-14,17-21H2,1H3,(H,31,35). The lowest BCUT2D eigenvalue weighted by Crippen LogP contribution is -2.56. The smallest absolute Gasteiger partial charge is 0.238 e. The first-order valence-electron chi connectivity index (χ1n) is 13.4. The maximum absolute atomic E-state index is 13.8. The van der Waals surface area contributed by atoms with E-state index in [2.05, 4.69) is 15.7 Å². The summed E-state index contributed by atoms with van der Waals surface area (Å²) < 4.78 is 24.9. The van der Waals surface area contributed by atoms with Crippen LogP contribution in [0.15, 0.2) is 48.8 Å². The Morgan fingerprint density at radius 2 is 1.84 bits per heavy atom. The zero-order valence-electron chi connectivity index (χ0n) is 22.0. The molecule has 2 N–H and O–H groups in total. The van der Waals surface area contributed by atoms with Crippen LogP contribution in [0.5, 0.6) is 11.5 Å². The highest BCUT2D eigenvalue weighted by Gasteiger charge is 2.47. The largest absolute Gasteiger partial charge is 0.492 e. The zero-order chi connectivity index (χ0) is 26.8. The van der Waals surface area contributed by atoms with Gasteiger partial charge in [0.2, 0.25) is 11.8 Å². The van der Waals surface area contributed by atoms with E-state index in [0.717, 1.165) is 31.4 Å². The molecule has 2 fully saturated rings. The number of carbonyl (C=O) groups is 2. The molecule has 1 spiro atoms. The Hall–Kier alpha value is -3.24. The van der Waals surface area contributed by atoms with Gasteiger partial charge < -0.3 is 19.7 Å². The highest BCUT2D eigenvalue weighted by molar-refractivity contribution is 5.78. The first kappa shape index (κ1) is 27.8. The minimum atomic E-state index is -0.445. The quantitative estimate of drug-likeness (QED) is 0.464. The Labute approximate surface area is 223 Å². The third-order valence-corrected chi connectivity index (χ3v) is 7.30. The van der Waals surface area contributed by atoms with Crippen molar-refractivity contribution in [2.24, 2.45) is 0 Å². The number of amides is 2. The molecule has 2 aromatic rings. The second-order valence-corrected chi connectivity index (χ2v) is 10.1. The summed E-state index contributed by atoms with van der Waals surface area (Å²) in [6.07, 6.45) is 9.80. The molecule has 1 aliphatic heterocycles. The summed E-state index contributed by atoms with van der Waals surface area (Å²) in [4.78, 5) is 31.4. The number of aromatic nitrogens is 1. The minimum Gasteiger partial charge on any atom is -0.492 e. The Morgan fingerprint density at radius 3 is 2.58 bits per heavy atom. The number of likely N-dealkylation sites (N-methyl/N-ethyl adjacent to an activating group) is 1. The number of hydrogen-bond acceptors (Lipinski definition) is 7. The number of carbonyl (C=O) groups excluding carboxylic acids is 2. The van der Waals surface area contributed by atoms with Crippen molar-refractivity contribution in [2.75, 3.05) is 39.9 Å². The summed E-state index contributed by atoms with van der Waals surface area (Å²) in [7, 11) is 1.77. The topological polar surface area (TPSA) is 96.0 Å². The first-order chi connectivity index (χ1) is 18.4. The fraction of sp³-hybridized carbons (Fsp3) is 0.536. The molecule has 9 nitrogen and oxygen atoms in total. The SMILES string of the molecule is CN(CCOc1ccncc1)C(=O)CN1CC(NC(=O)CCOc2ccccc2F)C2(CCCCCC2)N1. The van der Waals surface area contributed by atoms with Crippen molar-refractivity contribution in [1.82, 2.24) is 25.6 Å². The van der Waals surface area contributed by atoms with Crippen molar-refractivity contribution in [3.8, 4) is 11.5 Å². The van der Waals surface area contributed by atoms with Gasteiger partial charge in [0.05, 0.1) is 37.7 Å². The summed E-state index contributed by atoms with van der Waals surface area (Å²) >= 11 is 0. The van der Waals surface area contributed by atoms with Gasteiger partial charge in [-0.15, -0.1) is 0 Å². The van der Waals surface area contributed by atoms with Crippen molar-refractivity contribution in [3.05, 3.63) is 54.6 Å². The summed E-state index contributed by atoms with van der Waals surface area (Å²) in [6, 6.07) is 9.60. The number of nitrogens with zero attached hydrogens (tertiary/aromatic N) is 3. The number of hydrogen-bond donors (Lipinski definition) is 2. The third-order valence-electron chi connectivity index (χ3n) is 7.30.